The molecular formula is C15H19N3S. The summed E-state index contributed by atoms with van der Waals surface area (Å²) in [5, 5.41) is 1.05. The normalized spacial score (nSPS) is 14.7. The molecule has 0 atom stereocenters. The maximum Gasteiger partial charge on any atom is 0.190 e. The number of hydrogen-bond donors (Lipinski definition) is 1. The van der Waals surface area contributed by atoms with Crippen molar-refractivity contribution in [3.63, 3.8) is 0 Å². The Morgan fingerprint density at radius 1 is 1.42 bits per heavy atom. The minimum absolute atomic E-state index is 0.602. The van der Waals surface area contributed by atoms with E-state index in [1.807, 2.05) is 0 Å². The van der Waals surface area contributed by atoms with E-state index in [1.54, 1.807) is 11.3 Å². The lowest BCUT2D eigenvalue weighted by molar-refractivity contribution is 0.972. The summed E-state index contributed by atoms with van der Waals surface area (Å²) in [6, 6.07) is 8.49. The van der Waals surface area contributed by atoms with Gasteiger partial charge in [0, 0.05) is 30.1 Å². The van der Waals surface area contributed by atoms with E-state index in [2.05, 4.69) is 43.1 Å². The van der Waals surface area contributed by atoms with E-state index in [-0.39, 0.29) is 0 Å². The molecule has 0 amide bonds. The number of hydrogen-bond acceptors (Lipinski definition) is 4. The van der Waals surface area contributed by atoms with Gasteiger partial charge in [0.2, 0.25) is 0 Å². The molecule has 0 bridgehead atoms. The predicted octanol–water partition coefficient (Wildman–Crippen LogP) is 3.56. The van der Waals surface area contributed by atoms with Crippen LogP contribution in [0.1, 0.15) is 34.9 Å². The van der Waals surface area contributed by atoms with Crippen molar-refractivity contribution in [1.29, 1.82) is 0 Å². The van der Waals surface area contributed by atoms with E-state index in [0.717, 1.165) is 5.13 Å². The smallest absolute Gasteiger partial charge is 0.190 e. The maximum atomic E-state index is 5.84. The molecule has 1 aliphatic rings. The summed E-state index contributed by atoms with van der Waals surface area (Å²) in [7, 11) is 2.07. The zero-order valence-corrected chi connectivity index (χ0v) is 12.2. The Morgan fingerprint density at radius 2 is 2.21 bits per heavy atom. The van der Waals surface area contributed by atoms with Gasteiger partial charge in [0.1, 0.15) is 0 Å². The van der Waals surface area contributed by atoms with Gasteiger partial charge in [0.15, 0.2) is 5.13 Å². The molecule has 4 heteroatoms. The zero-order chi connectivity index (χ0) is 13.4. The second-order valence-corrected chi connectivity index (χ2v) is 6.24. The van der Waals surface area contributed by atoms with Gasteiger partial charge in [0.25, 0.3) is 0 Å². The van der Waals surface area contributed by atoms with Crippen LogP contribution in [0.15, 0.2) is 24.3 Å². The van der Waals surface area contributed by atoms with Crippen LogP contribution in [0, 0.1) is 6.92 Å². The van der Waals surface area contributed by atoms with Gasteiger partial charge < -0.3 is 10.6 Å². The van der Waals surface area contributed by atoms with E-state index in [1.165, 1.54) is 34.7 Å². The lowest BCUT2D eigenvalue weighted by atomic mass is 10.2. The molecule has 0 spiro atoms. The Bertz CT molecular complexity index is 587. The molecule has 1 heterocycles. The fourth-order valence-electron chi connectivity index (χ4n) is 2.26. The van der Waals surface area contributed by atoms with Crippen molar-refractivity contribution in [2.75, 3.05) is 11.9 Å². The summed E-state index contributed by atoms with van der Waals surface area (Å²) < 4.78 is 0. The van der Waals surface area contributed by atoms with Gasteiger partial charge in [-0.1, -0.05) is 23.5 Å². The van der Waals surface area contributed by atoms with Gasteiger partial charge >= 0.3 is 0 Å². The fraction of sp³-hybridized carbons (Fsp3) is 0.400. The number of thiazole rings is 1. The van der Waals surface area contributed by atoms with Crippen LogP contribution in [0.5, 0.6) is 0 Å². The first-order valence-corrected chi connectivity index (χ1v) is 7.50. The fourth-order valence-corrected chi connectivity index (χ4v) is 3.27. The van der Waals surface area contributed by atoms with Gasteiger partial charge in [-0.25, -0.2) is 4.98 Å². The molecular weight excluding hydrogens is 254 g/mol. The predicted molar refractivity (Wildman–Crippen MR) is 81.2 cm³/mol. The number of nitrogens with two attached hydrogens (primary N) is 1. The SMILES string of the molecule is Cc1cccc(N(C)c2nc(C3CC3)c(CN)s2)c1. The number of nitrogens with zero attached hydrogens (tertiary/aromatic N) is 2. The largest absolute Gasteiger partial charge is 0.326 e. The molecule has 2 aromatic rings. The summed E-state index contributed by atoms with van der Waals surface area (Å²) >= 11 is 1.73. The highest BCUT2D eigenvalue weighted by Crippen LogP contribution is 2.44. The molecule has 1 aromatic carbocycles. The van der Waals surface area contributed by atoms with Crippen LogP contribution in [0.4, 0.5) is 10.8 Å². The third-order valence-corrected chi connectivity index (χ3v) is 4.71. The monoisotopic (exact) mass is 273 g/mol. The lowest BCUT2D eigenvalue weighted by Crippen LogP contribution is -2.09. The Balaban J connectivity index is 1.93. The third kappa shape index (κ3) is 2.51. The van der Waals surface area contributed by atoms with Crippen LogP contribution in [0.3, 0.4) is 0 Å². The van der Waals surface area contributed by atoms with E-state index in [4.69, 9.17) is 10.7 Å². The van der Waals surface area contributed by atoms with E-state index < -0.39 is 0 Å². The van der Waals surface area contributed by atoms with Crippen molar-refractivity contribution in [3.05, 3.63) is 40.4 Å². The summed E-state index contributed by atoms with van der Waals surface area (Å²) in [6.07, 6.45) is 2.54. The third-order valence-electron chi connectivity index (χ3n) is 3.54. The molecule has 0 radical (unpaired) electrons. The topological polar surface area (TPSA) is 42.2 Å². The van der Waals surface area contributed by atoms with Crippen LogP contribution >= 0.6 is 11.3 Å². The van der Waals surface area contributed by atoms with Gasteiger partial charge in [0.05, 0.1) is 5.69 Å². The van der Waals surface area contributed by atoms with E-state index in [0.29, 0.717) is 12.5 Å². The number of benzene rings is 1. The number of aryl methyl sites for hydroxylation is 1. The van der Waals surface area contributed by atoms with Gasteiger partial charge in [-0.3, -0.25) is 0 Å². The molecule has 1 aliphatic carbocycles. The van der Waals surface area contributed by atoms with Crippen LogP contribution in [-0.2, 0) is 6.54 Å². The highest BCUT2D eigenvalue weighted by Gasteiger charge is 2.29. The molecule has 100 valence electrons. The number of anilines is 2. The minimum atomic E-state index is 0.602. The minimum Gasteiger partial charge on any atom is -0.326 e. The number of aromatic nitrogens is 1. The van der Waals surface area contributed by atoms with E-state index >= 15 is 0 Å². The van der Waals surface area contributed by atoms with Crippen LogP contribution in [-0.4, -0.2) is 12.0 Å². The highest BCUT2D eigenvalue weighted by atomic mass is 32.1. The average Bonchev–Trinajstić information content (AvgIpc) is 3.17. The molecule has 19 heavy (non-hydrogen) atoms. The Morgan fingerprint density at radius 3 is 2.84 bits per heavy atom. The van der Waals surface area contributed by atoms with Crippen LogP contribution in [0.25, 0.3) is 0 Å². The van der Waals surface area contributed by atoms with Gasteiger partial charge in [-0.2, -0.15) is 0 Å². The van der Waals surface area contributed by atoms with Gasteiger partial charge in [-0.15, -0.1) is 0 Å². The molecule has 0 aliphatic heterocycles. The first-order chi connectivity index (χ1) is 9.19. The molecule has 1 fully saturated rings. The summed E-state index contributed by atoms with van der Waals surface area (Å²) in [5.41, 5.74) is 9.53. The lowest BCUT2D eigenvalue weighted by Gasteiger charge is -2.16. The van der Waals surface area contributed by atoms with Crippen molar-refractivity contribution in [1.82, 2.24) is 4.98 Å². The molecule has 2 N–H and O–H groups in total. The quantitative estimate of drug-likeness (QED) is 0.926. The Hall–Kier alpha value is -1.39. The molecule has 0 unspecified atom stereocenters. The van der Waals surface area contributed by atoms with Crippen molar-refractivity contribution < 1.29 is 0 Å². The molecule has 1 aromatic heterocycles. The van der Waals surface area contributed by atoms with Crippen molar-refractivity contribution in [2.24, 2.45) is 5.73 Å². The maximum absolute atomic E-state index is 5.84. The molecule has 1 saturated carbocycles. The zero-order valence-electron chi connectivity index (χ0n) is 11.4. The average molecular weight is 273 g/mol. The van der Waals surface area contributed by atoms with Crippen LogP contribution in [0.2, 0.25) is 0 Å². The first-order valence-electron chi connectivity index (χ1n) is 6.69. The van der Waals surface area contributed by atoms with Gasteiger partial charge in [-0.05, 0) is 37.5 Å². The first kappa shape index (κ1) is 12.6. The molecule has 3 nitrogen and oxygen atoms in total. The highest BCUT2D eigenvalue weighted by molar-refractivity contribution is 7.15. The summed E-state index contributed by atoms with van der Waals surface area (Å²) in [5.74, 6) is 0.662. The second kappa shape index (κ2) is 4.94. The van der Waals surface area contributed by atoms with Crippen LogP contribution < -0.4 is 10.6 Å². The Kier molecular flexibility index (Phi) is 3.29. The second-order valence-electron chi connectivity index (χ2n) is 5.18. The summed E-state index contributed by atoms with van der Waals surface area (Å²) in [4.78, 5) is 8.22. The Labute approximate surface area is 118 Å². The molecule has 3 rings (SSSR count). The van der Waals surface area contributed by atoms with Crippen molar-refractivity contribution >= 4 is 22.2 Å². The van der Waals surface area contributed by atoms with Crippen molar-refractivity contribution in [3.8, 4) is 0 Å². The van der Waals surface area contributed by atoms with E-state index in [9.17, 15) is 0 Å². The van der Waals surface area contributed by atoms with Crippen molar-refractivity contribution in [2.45, 2.75) is 32.2 Å². The summed E-state index contributed by atoms with van der Waals surface area (Å²) in [6.45, 7) is 2.71. The molecule has 0 saturated heterocycles. The number of rotatable bonds is 4. The standard InChI is InChI=1S/C15H19N3S/c1-10-4-3-5-12(8-10)18(2)15-17-14(11-6-7-11)13(9-16)19-15/h3-5,8,11H,6-7,9,16H2,1-2H3.